The van der Waals surface area contributed by atoms with Gasteiger partial charge in [0.15, 0.2) is 0 Å². The van der Waals surface area contributed by atoms with E-state index in [1.54, 1.807) is 0 Å². The highest BCUT2D eigenvalue weighted by Gasteiger charge is 2.04. The first-order valence-corrected chi connectivity index (χ1v) is 7.35. The predicted molar refractivity (Wildman–Crippen MR) is 87.5 cm³/mol. The summed E-state index contributed by atoms with van der Waals surface area (Å²) in [4.78, 5) is 0. The Balaban J connectivity index is 2.13. The van der Waals surface area contributed by atoms with Crippen molar-refractivity contribution in [3.63, 3.8) is 0 Å². The fraction of sp³-hybridized carbons (Fsp3) is 0.176. The third-order valence-corrected chi connectivity index (χ3v) is 3.74. The second-order valence-corrected chi connectivity index (χ2v) is 5.31. The summed E-state index contributed by atoms with van der Waals surface area (Å²) < 4.78 is 6.95. The Hall–Kier alpha value is -1.58. The number of benzene rings is 2. The van der Waals surface area contributed by atoms with Crippen LogP contribution in [0, 0.1) is 0 Å². The lowest BCUT2D eigenvalue weighted by Gasteiger charge is -2.11. The zero-order valence-electron chi connectivity index (χ0n) is 11.5. The number of hydrogen-bond acceptors (Lipinski definition) is 2. The second kappa shape index (κ2) is 7.27. The third kappa shape index (κ3) is 3.71. The van der Waals surface area contributed by atoms with Crippen molar-refractivity contribution in [2.45, 2.75) is 20.1 Å². The average molecular weight is 332 g/mol. The maximum absolute atomic E-state index is 5.92. The molecule has 0 bridgehead atoms. The number of nitrogens with two attached hydrogens (primary N) is 1. The minimum atomic E-state index is 0.528. The summed E-state index contributed by atoms with van der Waals surface area (Å²) in [7, 11) is 0. The molecule has 2 N–H and O–H groups in total. The molecule has 2 nitrogen and oxygen atoms in total. The van der Waals surface area contributed by atoms with Gasteiger partial charge in [0.1, 0.15) is 12.4 Å². The summed E-state index contributed by atoms with van der Waals surface area (Å²) in [6.07, 6.45) is 4.05. The molecule has 0 aliphatic rings. The number of allylic oxidation sites excluding steroid dienone is 1. The number of hydrogen-bond donors (Lipinski definition) is 1. The van der Waals surface area contributed by atoms with Gasteiger partial charge in [0, 0.05) is 22.1 Å². The molecule has 0 amide bonds. The lowest BCUT2D eigenvalue weighted by molar-refractivity contribution is 0.305. The fourth-order valence-electron chi connectivity index (χ4n) is 1.92. The van der Waals surface area contributed by atoms with Gasteiger partial charge in [-0.25, -0.2) is 0 Å². The van der Waals surface area contributed by atoms with Gasteiger partial charge in [0.05, 0.1) is 0 Å². The molecule has 0 atom stereocenters. The van der Waals surface area contributed by atoms with Gasteiger partial charge in [-0.05, 0) is 24.6 Å². The van der Waals surface area contributed by atoms with E-state index in [0.717, 1.165) is 26.9 Å². The van der Waals surface area contributed by atoms with Crippen molar-refractivity contribution in [1.29, 1.82) is 0 Å². The Morgan fingerprint density at radius 1 is 1.20 bits per heavy atom. The van der Waals surface area contributed by atoms with E-state index in [-0.39, 0.29) is 0 Å². The van der Waals surface area contributed by atoms with E-state index in [1.165, 1.54) is 0 Å². The summed E-state index contributed by atoms with van der Waals surface area (Å²) in [6.45, 7) is 3.07. The normalized spacial score (nSPS) is 10.9. The summed E-state index contributed by atoms with van der Waals surface area (Å²) in [5.74, 6) is 0.889. The lowest BCUT2D eigenvalue weighted by atomic mass is 10.1. The molecule has 2 rings (SSSR count). The van der Waals surface area contributed by atoms with Crippen molar-refractivity contribution in [1.82, 2.24) is 0 Å². The highest BCUT2D eigenvalue weighted by atomic mass is 79.9. The van der Waals surface area contributed by atoms with Gasteiger partial charge >= 0.3 is 0 Å². The van der Waals surface area contributed by atoms with Gasteiger partial charge in [-0.3, -0.25) is 0 Å². The number of ether oxygens (including phenoxy) is 1. The highest BCUT2D eigenvalue weighted by molar-refractivity contribution is 9.10. The van der Waals surface area contributed by atoms with Crippen molar-refractivity contribution >= 4 is 22.0 Å². The maximum Gasteiger partial charge on any atom is 0.127 e. The molecule has 3 heteroatoms. The van der Waals surface area contributed by atoms with Gasteiger partial charge in [0.25, 0.3) is 0 Å². The minimum Gasteiger partial charge on any atom is -0.488 e. The van der Waals surface area contributed by atoms with Crippen LogP contribution in [0.3, 0.4) is 0 Å². The van der Waals surface area contributed by atoms with Crippen LogP contribution < -0.4 is 10.5 Å². The van der Waals surface area contributed by atoms with Crippen LogP contribution in [0.2, 0.25) is 0 Å². The monoisotopic (exact) mass is 331 g/mol. The van der Waals surface area contributed by atoms with Gasteiger partial charge in [-0.2, -0.15) is 0 Å². The molecule has 104 valence electrons. The second-order valence-electron chi connectivity index (χ2n) is 4.46. The minimum absolute atomic E-state index is 0.528. The van der Waals surface area contributed by atoms with Crippen molar-refractivity contribution in [3.8, 4) is 5.75 Å². The Morgan fingerprint density at radius 3 is 2.70 bits per heavy atom. The topological polar surface area (TPSA) is 35.2 Å². The van der Waals surface area contributed by atoms with Crippen LogP contribution in [-0.2, 0) is 13.2 Å². The summed E-state index contributed by atoms with van der Waals surface area (Å²) in [5.41, 5.74) is 8.93. The van der Waals surface area contributed by atoms with Gasteiger partial charge < -0.3 is 10.5 Å². The smallest absolute Gasteiger partial charge is 0.127 e. The standard InChI is InChI=1S/C17H18BrNO/c1-2-5-14-6-3-4-7-17(14)20-12-15-9-8-13(11-19)10-16(15)18/h2-10H,11-12,19H2,1H3/b5-2+. The lowest BCUT2D eigenvalue weighted by Crippen LogP contribution is -2.00. The molecule has 0 aliphatic heterocycles. The Morgan fingerprint density at radius 2 is 2.00 bits per heavy atom. The Kier molecular flexibility index (Phi) is 5.39. The summed E-state index contributed by atoms with van der Waals surface area (Å²) in [5, 5.41) is 0. The molecule has 0 radical (unpaired) electrons. The summed E-state index contributed by atoms with van der Waals surface area (Å²) in [6, 6.07) is 14.1. The third-order valence-electron chi connectivity index (χ3n) is 3.00. The van der Waals surface area contributed by atoms with E-state index in [0.29, 0.717) is 13.2 Å². The number of halogens is 1. The van der Waals surface area contributed by atoms with E-state index in [4.69, 9.17) is 10.5 Å². The molecule has 0 heterocycles. The van der Waals surface area contributed by atoms with Crippen LogP contribution in [-0.4, -0.2) is 0 Å². The first kappa shape index (κ1) is 14.8. The molecule has 2 aromatic rings. The zero-order chi connectivity index (χ0) is 14.4. The largest absolute Gasteiger partial charge is 0.488 e. The molecule has 0 aliphatic carbocycles. The van der Waals surface area contributed by atoms with E-state index >= 15 is 0 Å². The number of para-hydroxylation sites is 1. The van der Waals surface area contributed by atoms with Crippen LogP contribution >= 0.6 is 15.9 Å². The fourth-order valence-corrected chi connectivity index (χ4v) is 2.46. The van der Waals surface area contributed by atoms with E-state index in [9.17, 15) is 0 Å². The first-order valence-electron chi connectivity index (χ1n) is 6.56. The molecule has 0 saturated carbocycles. The van der Waals surface area contributed by atoms with E-state index in [1.807, 2.05) is 61.5 Å². The first-order chi connectivity index (χ1) is 9.74. The van der Waals surface area contributed by atoms with Gasteiger partial charge in [-0.1, -0.05) is 58.4 Å². The van der Waals surface area contributed by atoms with E-state index < -0.39 is 0 Å². The maximum atomic E-state index is 5.92. The van der Waals surface area contributed by atoms with Gasteiger partial charge in [0.2, 0.25) is 0 Å². The number of rotatable bonds is 5. The van der Waals surface area contributed by atoms with Crippen molar-refractivity contribution < 1.29 is 4.74 Å². The molecular formula is C17H18BrNO. The van der Waals surface area contributed by atoms with Crippen molar-refractivity contribution in [3.05, 3.63) is 69.7 Å². The SMILES string of the molecule is C/C=C/c1ccccc1OCc1ccc(CN)cc1Br. The molecule has 0 fully saturated rings. The average Bonchev–Trinajstić information content (AvgIpc) is 2.47. The van der Waals surface area contributed by atoms with Crippen molar-refractivity contribution in [2.75, 3.05) is 0 Å². The Bertz CT molecular complexity index is 608. The summed E-state index contributed by atoms with van der Waals surface area (Å²) >= 11 is 3.56. The Labute approximate surface area is 128 Å². The van der Waals surface area contributed by atoms with Crippen molar-refractivity contribution in [2.24, 2.45) is 5.73 Å². The van der Waals surface area contributed by atoms with Crippen LogP contribution in [0.4, 0.5) is 0 Å². The molecule has 0 unspecified atom stereocenters. The molecule has 0 aromatic heterocycles. The van der Waals surface area contributed by atoms with Crippen LogP contribution in [0.1, 0.15) is 23.6 Å². The van der Waals surface area contributed by atoms with Crippen LogP contribution in [0.25, 0.3) is 6.08 Å². The molecule has 20 heavy (non-hydrogen) atoms. The molecule has 0 spiro atoms. The quantitative estimate of drug-likeness (QED) is 0.874. The molecular weight excluding hydrogens is 314 g/mol. The predicted octanol–water partition coefficient (Wildman–Crippen LogP) is 4.52. The van der Waals surface area contributed by atoms with E-state index in [2.05, 4.69) is 15.9 Å². The zero-order valence-corrected chi connectivity index (χ0v) is 13.1. The molecule has 2 aromatic carbocycles. The van der Waals surface area contributed by atoms with Crippen LogP contribution in [0.15, 0.2) is 53.0 Å². The van der Waals surface area contributed by atoms with Gasteiger partial charge in [-0.15, -0.1) is 0 Å². The highest BCUT2D eigenvalue weighted by Crippen LogP contribution is 2.24. The van der Waals surface area contributed by atoms with Crippen LogP contribution in [0.5, 0.6) is 5.75 Å². The molecule has 0 saturated heterocycles.